The normalized spacial score (nSPS) is 19.7. The zero-order valence-corrected chi connectivity index (χ0v) is 17.1. The Morgan fingerprint density at radius 2 is 2.04 bits per heavy atom. The van der Waals surface area contributed by atoms with Crippen molar-refractivity contribution in [1.82, 2.24) is 15.6 Å². The van der Waals surface area contributed by atoms with Crippen molar-refractivity contribution < 1.29 is 9.59 Å². The highest BCUT2D eigenvalue weighted by atomic mass is 35.5. The number of aromatic nitrogens is 1. The minimum Gasteiger partial charge on any atom is -0.354 e. The summed E-state index contributed by atoms with van der Waals surface area (Å²) in [5, 5.41) is 9.11. The van der Waals surface area contributed by atoms with Crippen molar-refractivity contribution in [3.05, 3.63) is 40.4 Å². The maximum absolute atomic E-state index is 12.6. The SMILES string of the molecule is CC(C)NC(=O)C1CCCC(NC(=O)c2csc(-c3ccccc3Cl)n2)C1. The molecule has 1 aliphatic rings. The van der Waals surface area contributed by atoms with Crippen LogP contribution in [0, 0.1) is 5.92 Å². The van der Waals surface area contributed by atoms with Gasteiger partial charge in [0.1, 0.15) is 10.7 Å². The van der Waals surface area contributed by atoms with E-state index in [9.17, 15) is 9.59 Å². The summed E-state index contributed by atoms with van der Waals surface area (Å²) in [4.78, 5) is 29.3. The van der Waals surface area contributed by atoms with E-state index in [1.807, 2.05) is 38.1 Å². The number of hydrogen-bond donors (Lipinski definition) is 2. The standard InChI is InChI=1S/C20H24ClN3O2S/c1-12(2)22-18(25)13-6-5-7-14(10-13)23-19(26)17-11-27-20(24-17)15-8-3-4-9-16(15)21/h3-4,8-9,11-14H,5-7,10H2,1-2H3,(H,22,25)(H,23,26). The quantitative estimate of drug-likeness (QED) is 0.779. The second kappa shape index (κ2) is 8.85. The van der Waals surface area contributed by atoms with Crippen LogP contribution in [0.2, 0.25) is 5.02 Å². The van der Waals surface area contributed by atoms with Crippen molar-refractivity contribution in [2.24, 2.45) is 5.92 Å². The number of carbonyl (C=O) groups excluding carboxylic acids is 2. The molecule has 2 N–H and O–H groups in total. The summed E-state index contributed by atoms with van der Waals surface area (Å²) in [6.07, 6.45) is 3.37. The molecule has 2 unspecified atom stereocenters. The van der Waals surface area contributed by atoms with Gasteiger partial charge in [0.25, 0.3) is 5.91 Å². The molecule has 1 fully saturated rings. The molecule has 1 saturated carbocycles. The van der Waals surface area contributed by atoms with Gasteiger partial charge in [0.05, 0.1) is 5.02 Å². The van der Waals surface area contributed by atoms with Gasteiger partial charge in [-0.3, -0.25) is 9.59 Å². The molecule has 5 nitrogen and oxygen atoms in total. The van der Waals surface area contributed by atoms with Crippen molar-refractivity contribution in [2.45, 2.75) is 51.6 Å². The van der Waals surface area contributed by atoms with E-state index in [-0.39, 0.29) is 29.8 Å². The van der Waals surface area contributed by atoms with Gasteiger partial charge in [-0.1, -0.05) is 36.2 Å². The van der Waals surface area contributed by atoms with E-state index >= 15 is 0 Å². The summed E-state index contributed by atoms with van der Waals surface area (Å²) in [6, 6.07) is 7.59. The summed E-state index contributed by atoms with van der Waals surface area (Å²) in [5.41, 5.74) is 1.22. The molecule has 2 amide bonds. The van der Waals surface area contributed by atoms with Gasteiger partial charge in [0.2, 0.25) is 5.91 Å². The maximum atomic E-state index is 12.6. The molecule has 1 heterocycles. The third-order valence-corrected chi connectivity index (χ3v) is 5.86. The van der Waals surface area contributed by atoms with Crippen LogP contribution in [0.15, 0.2) is 29.6 Å². The number of carbonyl (C=O) groups is 2. The van der Waals surface area contributed by atoms with E-state index in [0.717, 1.165) is 29.8 Å². The monoisotopic (exact) mass is 405 g/mol. The molecule has 2 aromatic rings. The molecule has 3 rings (SSSR count). The zero-order valence-electron chi connectivity index (χ0n) is 15.5. The molecule has 1 aromatic heterocycles. The number of halogens is 1. The lowest BCUT2D eigenvalue weighted by Crippen LogP contribution is -2.43. The van der Waals surface area contributed by atoms with Crippen LogP contribution in [-0.2, 0) is 4.79 Å². The predicted octanol–water partition coefficient (Wildman–Crippen LogP) is 4.28. The van der Waals surface area contributed by atoms with Crippen LogP contribution in [0.5, 0.6) is 0 Å². The van der Waals surface area contributed by atoms with Gasteiger partial charge >= 0.3 is 0 Å². The van der Waals surface area contributed by atoms with Crippen LogP contribution in [0.4, 0.5) is 0 Å². The third-order valence-electron chi connectivity index (χ3n) is 4.65. The molecule has 0 saturated heterocycles. The van der Waals surface area contributed by atoms with Gasteiger partial charge in [-0.25, -0.2) is 4.98 Å². The van der Waals surface area contributed by atoms with Crippen LogP contribution < -0.4 is 10.6 Å². The second-order valence-corrected chi connectivity index (χ2v) is 8.48. The highest BCUT2D eigenvalue weighted by molar-refractivity contribution is 7.13. The number of hydrogen-bond acceptors (Lipinski definition) is 4. The summed E-state index contributed by atoms with van der Waals surface area (Å²) >= 11 is 7.61. The van der Waals surface area contributed by atoms with Gasteiger partial charge in [0, 0.05) is 28.9 Å². The number of rotatable bonds is 5. The maximum Gasteiger partial charge on any atom is 0.270 e. The second-order valence-electron chi connectivity index (χ2n) is 7.21. The largest absolute Gasteiger partial charge is 0.354 e. The summed E-state index contributed by atoms with van der Waals surface area (Å²) in [7, 11) is 0. The van der Waals surface area contributed by atoms with Crippen LogP contribution in [0.25, 0.3) is 10.6 Å². The van der Waals surface area contributed by atoms with Gasteiger partial charge in [-0.05, 0) is 39.2 Å². The Kier molecular flexibility index (Phi) is 6.50. The Morgan fingerprint density at radius 1 is 1.26 bits per heavy atom. The summed E-state index contributed by atoms with van der Waals surface area (Å²) in [6.45, 7) is 3.91. The summed E-state index contributed by atoms with van der Waals surface area (Å²) < 4.78 is 0. The van der Waals surface area contributed by atoms with E-state index in [0.29, 0.717) is 17.1 Å². The summed E-state index contributed by atoms with van der Waals surface area (Å²) in [5.74, 6) is -0.154. The fourth-order valence-electron chi connectivity index (χ4n) is 3.36. The lowest BCUT2D eigenvalue weighted by atomic mass is 9.85. The van der Waals surface area contributed by atoms with Crippen molar-refractivity contribution in [1.29, 1.82) is 0 Å². The molecule has 0 spiro atoms. The van der Waals surface area contributed by atoms with E-state index in [1.165, 1.54) is 11.3 Å². The highest BCUT2D eigenvalue weighted by Crippen LogP contribution is 2.30. The average Bonchev–Trinajstić information content (AvgIpc) is 3.12. The first-order valence-electron chi connectivity index (χ1n) is 9.25. The fourth-order valence-corrected chi connectivity index (χ4v) is 4.48. The van der Waals surface area contributed by atoms with Crippen molar-refractivity contribution >= 4 is 34.8 Å². The van der Waals surface area contributed by atoms with E-state index in [4.69, 9.17) is 11.6 Å². The molecule has 1 aliphatic carbocycles. The van der Waals surface area contributed by atoms with Gasteiger partial charge in [-0.15, -0.1) is 11.3 Å². The molecule has 2 atom stereocenters. The topological polar surface area (TPSA) is 71.1 Å². The third kappa shape index (κ3) is 5.08. The number of amides is 2. The predicted molar refractivity (Wildman–Crippen MR) is 109 cm³/mol. The van der Waals surface area contributed by atoms with E-state index < -0.39 is 0 Å². The average molecular weight is 406 g/mol. The molecule has 7 heteroatoms. The van der Waals surface area contributed by atoms with Gasteiger partial charge in [-0.2, -0.15) is 0 Å². The smallest absolute Gasteiger partial charge is 0.270 e. The molecular weight excluding hydrogens is 382 g/mol. The van der Waals surface area contributed by atoms with Crippen LogP contribution >= 0.6 is 22.9 Å². The Labute approximate surface area is 168 Å². The zero-order chi connectivity index (χ0) is 19.4. The number of nitrogens with zero attached hydrogens (tertiary/aromatic N) is 1. The van der Waals surface area contributed by atoms with Gasteiger partial charge < -0.3 is 10.6 Å². The van der Waals surface area contributed by atoms with Crippen molar-refractivity contribution in [3.63, 3.8) is 0 Å². The first kappa shape index (κ1) is 19.8. The molecule has 27 heavy (non-hydrogen) atoms. The minimum absolute atomic E-state index is 0.000347. The first-order valence-corrected chi connectivity index (χ1v) is 10.5. The molecule has 0 aliphatic heterocycles. The van der Waals surface area contributed by atoms with E-state index in [1.54, 1.807) is 5.38 Å². The number of thiazole rings is 1. The Bertz CT molecular complexity index is 821. The van der Waals surface area contributed by atoms with Crippen molar-refractivity contribution in [2.75, 3.05) is 0 Å². The van der Waals surface area contributed by atoms with Crippen LogP contribution in [0.1, 0.15) is 50.0 Å². The lowest BCUT2D eigenvalue weighted by molar-refractivity contribution is -0.126. The molecule has 1 aromatic carbocycles. The Balaban J connectivity index is 1.62. The van der Waals surface area contributed by atoms with E-state index in [2.05, 4.69) is 15.6 Å². The fraction of sp³-hybridized carbons (Fsp3) is 0.450. The minimum atomic E-state index is -0.195. The highest BCUT2D eigenvalue weighted by Gasteiger charge is 2.29. The van der Waals surface area contributed by atoms with Gasteiger partial charge in [0.15, 0.2) is 0 Å². The number of benzene rings is 1. The molecular formula is C20H24ClN3O2S. The van der Waals surface area contributed by atoms with Crippen LogP contribution in [0.3, 0.4) is 0 Å². The number of nitrogens with one attached hydrogen (secondary N) is 2. The molecule has 0 bridgehead atoms. The van der Waals surface area contributed by atoms with Crippen molar-refractivity contribution in [3.8, 4) is 10.6 Å². The molecule has 144 valence electrons. The lowest BCUT2D eigenvalue weighted by Gasteiger charge is -2.29. The Hall–Kier alpha value is -1.92. The first-order chi connectivity index (χ1) is 12.9. The van der Waals surface area contributed by atoms with Crippen LogP contribution in [-0.4, -0.2) is 28.9 Å². The Morgan fingerprint density at radius 3 is 2.78 bits per heavy atom. The molecule has 0 radical (unpaired) electrons.